The minimum Gasteiger partial charge on any atom is -0.479 e. The van der Waals surface area contributed by atoms with Gasteiger partial charge in [-0.05, 0) is 37.1 Å². The Morgan fingerprint density at radius 1 is 0.946 bits per heavy atom. The highest BCUT2D eigenvalue weighted by Gasteiger charge is 2.28. The summed E-state index contributed by atoms with van der Waals surface area (Å²) in [6, 6.07) is 25.8. The number of ether oxygens (including phenoxy) is 2. The Hall–Kier alpha value is -4.43. The molecule has 1 N–H and O–H groups in total. The Balaban J connectivity index is 1.55. The first-order chi connectivity index (χ1) is 18.0. The van der Waals surface area contributed by atoms with Gasteiger partial charge in [0, 0.05) is 12.0 Å². The minimum absolute atomic E-state index is 0.130. The van der Waals surface area contributed by atoms with E-state index in [9.17, 15) is 14.7 Å². The number of anilines is 2. The van der Waals surface area contributed by atoms with Gasteiger partial charge in [0.15, 0.2) is 11.9 Å². The summed E-state index contributed by atoms with van der Waals surface area (Å²) in [7, 11) is 0. The van der Waals surface area contributed by atoms with Crippen molar-refractivity contribution in [3.05, 3.63) is 102 Å². The number of aryl methyl sites for hydroxylation is 1. The molecule has 4 aromatic rings. The lowest BCUT2D eigenvalue weighted by molar-refractivity contribution is -0.151. The van der Waals surface area contributed by atoms with Crippen molar-refractivity contribution in [3.8, 4) is 11.3 Å². The van der Waals surface area contributed by atoms with E-state index in [4.69, 9.17) is 14.0 Å². The van der Waals surface area contributed by atoms with Crippen LogP contribution in [-0.4, -0.2) is 35.0 Å². The molecule has 3 aromatic carbocycles. The number of rotatable bonds is 10. The molecular weight excluding hydrogens is 472 g/mol. The lowest BCUT2D eigenvalue weighted by Crippen LogP contribution is -2.27. The van der Waals surface area contributed by atoms with Crippen molar-refractivity contribution >= 4 is 23.4 Å². The molecule has 1 heterocycles. The molecule has 37 heavy (non-hydrogen) atoms. The highest BCUT2D eigenvalue weighted by Crippen LogP contribution is 2.38. The van der Waals surface area contributed by atoms with E-state index in [0.717, 1.165) is 11.1 Å². The van der Waals surface area contributed by atoms with Crippen LogP contribution in [0.5, 0.6) is 0 Å². The van der Waals surface area contributed by atoms with Crippen molar-refractivity contribution in [3.63, 3.8) is 0 Å². The topological polar surface area (TPSA) is 102 Å². The Morgan fingerprint density at radius 2 is 1.59 bits per heavy atom. The highest BCUT2D eigenvalue weighted by molar-refractivity contribution is 6.00. The Labute approximate surface area is 215 Å². The quantitative estimate of drug-likeness (QED) is 0.278. The molecule has 0 bridgehead atoms. The molecule has 1 atom stereocenters. The van der Waals surface area contributed by atoms with Gasteiger partial charge in [-0.25, -0.2) is 14.5 Å². The molecular formula is C29H28N2O6. The number of carboxylic acid groups (broad SMARTS) is 1. The fourth-order valence-electron chi connectivity index (χ4n) is 3.90. The second-order valence-corrected chi connectivity index (χ2v) is 8.34. The molecule has 0 radical (unpaired) electrons. The molecule has 0 aliphatic carbocycles. The van der Waals surface area contributed by atoms with Gasteiger partial charge in [-0.3, -0.25) is 0 Å². The summed E-state index contributed by atoms with van der Waals surface area (Å²) in [5.74, 6) is -0.600. The Bertz CT molecular complexity index is 1320. The number of hydrogen-bond acceptors (Lipinski definition) is 6. The average Bonchev–Trinajstić information content (AvgIpc) is 3.29. The van der Waals surface area contributed by atoms with Gasteiger partial charge in [-0.15, -0.1) is 0 Å². The summed E-state index contributed by atoms with van der Waals surface area (Å²) >= 11 is 0. The van der Waals surface area contributed by atoms with Gasteiger partial charge in [0.1, 0.15) is 11.4 Å². The maximum atomic E-state index is 12.9. The fourth-order valence-corrected chi connectivity index (χ4v) is 3.90. The number of para-hydroxylation sites is 1. The summed E-state index contributed by atoms with van der Waals surface area (Å²) < 4.78 is 16.7. The van der Waals surface area contributed by atoms with Crippen LogP contribution in [0.2, 0.25) is 0 Å². The molecule has 8 heteroatoms. The largest absolute Gasteiger partial charge is 0.479 e. The van der Waals surface area contributed by atoms with Gasteiger partial charge in [0.05, 0.1) is 18.9 Å². The van der Waals surface area contributed by atoms with Crippen LogP contribution in [0.25, 0.3) is 11.3 Å². The van der Waals surface area contributed by atoms with Gasteiger partial charge in [-0.2, -0.15) is 0 Å². The standard InChI is InChI=1S/C29H28N2O6/c1-3-35-29(34)31(24-12-8-5-9-13-24)26-20(2)30-37-27(26)23-16-14-22(15-17-23)19-36-25(28(32)33)18-21-10-6-4-7-11-21/h4-17,25H,3,18-19H2,1-2H3,(H,32,33). The summed E-state index contributed by atoms with van der Waals surface area (Å²) in [6.07, 6.45) is -1.22. The third kappa shape index (κ3) is 6.23. The van der Waals surface area contributed by atoms with Crippen molar-refractivity contribution < 1.29 is 28.7 Å². The van der Waals surface area contributed by atoms with E-state index in [1.54, 1.807) is 13.8 Å². The summed E-state index contributed by atoms with van der Waals surface area (Å²) in [6.45, 7) is 3.86. The molecule has 0 fully saturated rings. The lowest BCUT2D eigenvalue weighted by Gasteiger charge is -2.22. The predicted molar refractivity (Wildman–Crippen MR) is 139 cm³/mol. The van der Waals surface area contributed by atoms with Crippen LogP contribution < -0.4 is 4.90 Å². The molecule has 8 nitrogen and oxygen atoms in total. The van der Waals surface area contributed by atoms with E-state index in [1.807, 2.05) is 84.9 Å². The zero-order valence-electron chi connectivity index (χ0n) is 20.7. The zero-order valence-corrected chi connectivity index (χ0v) is 20.7. The maximum absolute atomic E-state index is 12.9. The number of carboxylic acids is 1. The van der Waals surface area contributed by atoms with Gasteiger partial charge < -0.3 is 19.1 Å². The number of benzene rings is 3. The third-order valence-electron chi connectivity index (χ3n) is 5.73. The molecule has 0 saturated carbocycles. The normalized spacial score (nSPS) is 11.6. The first-order valence-corrected chi connectivity index (χ1v) is 11.9. The number of amides is 1. The van der Waals surface area contributed by atoms with Crippen molar-refractivity contribution in [1.82, 2.24) is 5.16 Å². The first-order valence-electron chi connectivity index (χ1n) is 11.9. The van der Waals surface area contributed by atoms with Gasteiger partial charge in [0.25, 0.3) is 0 Å². The van der Waals surface area contributed by atoms with Crippen LogP contribution in [0.4, 0.5) is 16.2 Å². The molecule has 190 valence electrons. The molecule has 0 aliphatic heterocycles. The number of nitrogens with zero attached hydrogens (tertiary/aromatic N) is 2. The monoisotopic (exact) mass is 500 g/mol. The number of carbonyl (C=O) groups is 2. The van der Waals surface area contributed by atoms with E-state index in [0.29, 0.717) is 28.4 Å². The molecule has 0 spiro atoms. The van der Waals surface area contributed by atoms with E-state index in [-0.39, 0.29) is 19.6 Å². The van der Waals surface area contributed by atoms with Crippen molar-refractivity contribution in [2.45, 2.75) is 33.0 Å². The number of carbonyl (C=O) groups excluding carboxylic acids is 1. The van der Waals surface area contributed by atoms with Crippen LogP contribution in [-0.2, 0) is 27.3 Å². The van der Waals surface area contributed by atoms with E-state index in [1.165, 1.54) is 4.90 Å². The van der Waals surface area contributed by atoms with Crippen LogP contribution in [0, 0.1) is 6.92 Å². The summed E-state index contributed by atoms with van der Waals surface area (Å²) in [4.78, 5) is 26.1. The summed E-state index contributed by atoms with van der Waals surface area (Å²) in [5, 5.41) is 13.7. The molecule has 1 unspecified atom stereocenters. The molecule has 4 rings (SSSR count). The average molecular weight is 501 g/mol. The highest BCUT2D eigenvalue weighted by atomic mass is 16.6. The number of aliphatic carboxylic acids is 1. The second kappa shape index (κ2) is 12.0. The molecule has 1 amide bonds. The van der Waals surface area contributed by atoms with Crippen LogP contribution in [0.1, 0.15) is 23.7 Å². The van der Waals surface area contributed by atoms with E-state index in [2.05, 4.69) is 5.16 Å². The third-order valence-corrected chi connectivity index (χ3v) is 5.73. The van der Waals surface area contributed by atoms with Gasteiger partial charge in [-0.1, -0.05) is 78.0 Å². The minimum atomic E-state index is -1.01. The van der Waals surface area contributed by atoms with E-state index >= 15 is 0 Å². The zero-order chi connectivity index (χ0) is 26.2. The fraction of sp³-hybridized carbons (Fsp3) is 0.207. The van der Waals surface area contributed by atoms with Crippen LogP contribution in [0.3, 0.4) is 0 Å². The predicted octanol–water partition coefficient (Wildman–Crippen LogP) is 6.16. The van der Waals surface area contributed by atoms with Gasteiger partial charge in [0.2, 0.25) is 0 Å². The maximum Gasteiger partial charge on any atom is 0.419 e. The second-order valence-electron chi connectivity index (χ2n) is 8.34. The van der Waals surface area contributed by atoms with Gasteiger partial charge >= 0.3 is 12.1 Å². The van der Waals surface area contributed by atoms with E-state index < -0.39 is 18.2 Å². The van der Waals surface area contributed by atoms with Crippen molar-refractivity contribution in [1.29, 1.82) is 0 Å². The Morgan fingerprint density at radius 3 is 2.22 bits per heavy atom. The van der Waals surface area contributed by atoms with Crippen molar-refractivity contribution in [2.75, 3.05) is 11.5 Å². The number of hydrogen-bond donors (Lipinski definition) is 1. The van der Waals surface area contributed by atoms with Crippen LogP contribution >= 0.6 is 0 Å². The SMILES string of the molecule is CCOC(=O)N(c1ccccc1)c1c(C)noc1-c1ccc(COC(Cc2ccccc2)C(=O)O)cc1. The number of aromatic nitrogens is 1. The molecule has 0 aliphatic rings. The Kier molecular flexibility index (Phi) is 8.33. The first kappa shape index (κ1) is 25.7. The summed E-state index contributed by atoms with van der Waals surface area (Å²) in [5.41, 5.74) is 4.03. The lowest BCUT2D eigenvalue weighted by atomic mass is 10.1. The van der Waals surface area contributed by atoms with Crippen molar-refractivity contribution in [2.24, 2.45) is 0 Å². The molecule has 1 aromatic heterocycles. The smallest absolute Gasteiger partial charge is 0.419 e. The molecule has 0 saturated heterocycles. The van der Waals surface area contributed by atoms with Crippen LogP contribution in [0.15, 0.2) is 89.5 Å².